The molecular formula is C15H18N2O3. The van der Waals surface area contributed by atoms with Crippen molar-refractivity contribution in [1.29, 1.82) is 0 Å². The largest absolute Gasteiger partial charge is 0.393 e. The van der Waals surface area contributed by atoms with Crippen LogP contribution in [0.1, 0.15) is 29.3 Å². The van der Waals surface area contributed by atoms with Crippen LogP contribution in [0.4, 0.5) is 5.69 Å². The van der Waals surface area contributed by atoms with Gasteiger partial charge < -0.3 is 15.3 Å². The van der Waals surface area contributed by atoms with E-state index in [1.165, 1.54) is 0 Å². The van der Waals surface area contributed by atoms with E-state index in [9.17, 15) is 14.7 Å². The average molecular weight is 274 g/mol. The van der Waals surface area contributed by atoms with E-state index in [1.54, 1.807) is 17.0 Å². The van der Waals surface area contributed by atoms with E-state index in [2.05, 4.69) is 5.32 Å². The van der Waals surface area contributed by atoms with Crippen LogP contribution in [0.15, 0.2) is 18.2 Å². The second-order valence-electron chi connectivity index (χ2n) is 5.68. The smallest absolute Gasteiger partial charge is 0.253 e. The monoisotopic (exact) mass is 274 g/mol. The number of carbonyl (C=O) groups is 2. The molecule has 0 saturated carbocycles. The number of piperidine rings is 1. The average Bonchev–Trinajstić information content (AvgIpc) is 2.80. The summed E-state index contributed by atoms with van der Waals surface area (Å²) in [6, 6.07) is 5.36. The van der Waals surface area contributed by atoms with E-state index >= 15 is 0 Å². The molecule has 5 heteroatoms. The Bertz CT molecular complexity index is 570. The molecule has 0 spiro atoms. The molecule has 2 amide bonds. The van der Waals surface area contributed by atoms with Crippen LogP contribution >= 0.6 is 0 Å². The number of likely N-dealkylation sites (tertiary alicyclic amines) is 1. The predicted molar refractivity (Wildman–Crippen MR) is 74.5 cm³/mol. The third-order valence-electron chi connectivity index (χ3n) is 4.13. The SMILES string of the molecule is CC1CN(C(=O)c2ccc3c(c2)NC(=O)C3)CCC1O. The molecular weight excluding hydrogens is 256 g/mol. The molecule has 2 aliphatic rings. The lowest BCUT2D eigenvalue weighted by Crippen LogP contribution is -2.44. The number of rotatable bonds is 1. The number of fused-ring (bicyclic) bond motifs is 1. The van der Waals surface area contributed by atoms with Gasteiger partial charge in [0, 0.05) is 24.3 Å². The van der Waals surface area contributed by atoms with Crippen molar-refractivity contribution in [1.82, 2.24) is 4.90 Å². The minimum Gasteiger partial charge on any atom is -0.393 e. The summed E-state index contributed by atoms with van der Waals surface area (Å²) < 4.78 is 0. The molecule has 20 heavy (non-hydrogen) atoms. The Kier molecular flexibility index (Phi) is 3.22. The molecule has 1 aromatic carbocycles. The topological polar surface area (TPSA) is 69.6 Å². The maximum absolute atomic E-state index is 12.5. The summed E-state index contributed by atoms with van der Waals surface area (Å²) in [4.78, 5) is 25.6. The summed E-state index contributed by atoms with van der Waals surface area (Å²) in [7, 11) is 0. The van der Waals surface area contributed by atoms with Crippen LogP contribution in [0.25, 0.3) is 0 Å². The van der Waals surface area contributed by atoms with Gasteiger partial charge in [0.05, 0.1) is 12.5 Å². The molecule has 0 aliphatic carbocycles. The highest BCUT2D eigenvalue weighted by atomic mass is 16.3. The van der Waals surface area contributed by atoms with Gasteiger partial charge in [-0.3, -0.25) is 9.59 Å². The number of hydrogen-bond acceptors (Lipinski definition) is 3. The van der Waals surface area contributed by atoms with Crippen LogP contribution in [0.5, 0.6) is 0 Å². The lowest BCUT2D eigenvalue weighted by atomic mass is 9.96. The van der Waals surface area contributed by atoms with E-state index in [1.807, 2.05) is 13.0 Å². The van der Waals surface area contributed by atoms with E-state index in [-0.39, 0.29) is 23.8 Å². The standard InChI is InChI=1S/C15H18N2O3/c1-9-8-17(5-4-13(9)18)15(20)11-3-2-10-7-14(19)16-12(10)6-11/h2-3,6,9,13,18H,4-5,7-8H2,1H3,(H,16,19). The van der Waals surface area contributed by atoms with E-state index in [0.717, 1.165) is 11.3 Å². The first-order chi connectivity index (χ1) is 9.54. The van der Waals surface area contributed by atoms with Crippen molar-refractivity contribution in [3.8, 4) is 0 Å². The molecule has 2 aliphatic heterocycles. The fraction of sp³-hybridized carbons (Fsp3) is 0.467. The van der Waals surface area contributed by atoms with Crippen LogP contribution in [0.3, 0.4) is 0 Å². The molecule has 3 rings (SSSR count). The molecule has 2 heterocycles. The minimum absolute atomic E-state index is 0.0284. The zero-order valence-electron chi connectivity index (χ0n) is 11.4. The number of hydrogen-bond donors (Lipinski definition) is 2. The molecule has 2 unspecified atom stereocenters. The van der Waals surface area contributed by atoms with Gasteiger partial charge in [0.25, 0.3) is 5.91 Å². The number of aliphatic hydroxyl groups is 1. The number of aliphatic hydroxyl groups excluding tert-OH is 1. The van der Waals surface area contributed by atoms with Gasteiger partial charge in [-0.05, 0) is 30.0 Å². The van der Waals surface area contributed by atoms with Crippen molar-refractivity contribution in [2.45, 2.75) is 25.9 Å². The zero-order valence-corrected chi connectivity index (χ0v) is 11.4. The third kappa shape index (κ3) is 2.29. The fourth-order valence-corrected chi connectivity index (χ4v) is 2.85. The normalized spacial score (nSPS) is 25.3. The molecule has 2 atom stereocenters. The number of benzene rings is 1. The molecule has 5 nitrogen and oxygen atoms in total. The van der Waals surface area contributed by atoms with Gasteiger partial charge in [-0.25, -0.2) is 0 Å². The Morgan fingerprint density at radius 2 is 2.25 bits per heavy atom. The lowest BCUT2D eigenvalue weighted by Gasteiger charge is -2.34. The Morgan fingerprint density at radius 1 is 1.45 bits per heavy atom. The minimum atomic E-state index is -0.321. The first-order valence-electron chi connectivity index (χ1n) is 6.94. The molecule has 1 aromatic rings. The molecule has 1 fully saturated rings. The second kappa shape index (κ2) is 4.90. The van der Waals surface area contributed by atoms with Crippen LogP contribution in [0, 0.1) is 5.92 Å². The summed E-state index contributed by atoms with van der Waals surface area (Å²) in [6.07, 6.45) is 0.684. The van der Waals surface area contributed by atoms with Gasteiger partial charge in [0.1, 0.15) is 0 Å². The second-order valence-corrected chi connectivity index (χ2v) is 5.68. The summed E-state index contributed by atoms with van der Waals surface area (Å²) in [5.74, 6) is 0.0360. The molecule has 0 radical (unpaired) electrons. The Balaban J connectivity index is 1.78. The Morgan fingerprint density at radius 3 is 3.00 bits per heavy atom. The lowest BCUT2D eigenvalue weighted by molar-refractivity contribution is -0.115. The van der Waals surface area contributed by atoms with Crippen molar-refractivity contribution in [3.05, 3.63) is 29.3 Å². The van der Waals surface area contributed by atoms with Gasteiger partial charge in [-0.2, -0.15) is 0 Å². The van der Waals surface area contributed by atoms with Gasteiger partial charge in [0.2, 0.25) is 5.91 Å². The van der Waals surface area contributed by atoms with Crippen molar-refractivity contribution in [3.63, 3.8) is 0 Å². The third-order valence-corrected chi connectivity index (χ3v) is 4.13. The van der Waals surface area contributed by atoms with E-state index in [0.29, 0.717) is 31.5 Å². The summed E-state index contributed by atoms with van der Waals surface area (Å²) in [5, 5.41) is 12.5. The molecule has 0 aromatic heterocycles. The highest BCUT2D eigenvalue weighted by molar-refractivity contribution is 6.02. The van der Waals surface area contributed by atoms with Crippen LogP contribution in [-0.2, 0) is 11.2 Å². The van der Waals surface area contributed by atoms with Gasteiger partial charge >= 0.3 is 0 Å². The van der Waals surface area contributed by atoms with Crippen molar-refractivity contribution in [2.75, 3.05) is 18.4 Å². The van der Waals surface area contributed by atoms with Gasteiger partial charge in [0.15, 0.2) is 0 Å². The summed E-state index contributed by atoms with van der Waals surface area (Å²) in [5.41, 5.74) is 2.27. The fourth-order valence-electron chi connectivity index (χ4n) is 2.85. The molecule has 1 saturated heterocycles. The van der Waals surface area contributed by atoms with Crippen molar-refractivity contribution >= 4 is 17.5 Å². The molecule has 2 N–H and O–H groups in total. The maximum Gasteiger partial charge on any atom is 0.253 e. The molecule has 106 valence electrons. The number of nitrogens with zero attached hydrogens (tertiary/aromatic N) is 1. The van der Waals surface area contributed by atoms with Crippen molar-refractivity contribution in [2.24, 2.45) is 5.92 Å². The first-order valence-corrected chi connectivity index (χ1v) is 6.94. The van der Waals surface area contributed by atoms with E-state index < -0.39 is 0 Å². The number of carbonyl (C=O) groups excluding carboxylic acids is 2. The highest BCUT2D eigenvalue weighted by Crippen LogP contribution is 2.25. The van der Waals surface area contributed by atoms with Gasteiger partial charge in [-0.15, -0.1) is 0 Å². The number of nitrogens with one attached hydrogen (secondary N) is 1. The number of amides is 2. The van der Waals surface area contributed by atoms with Crippen LogP contribution < -0.4 is 5.32 Å². The van der Waals surface area contributed by atoms with Crippen LogP contribution in [-0.4, -0.2) is 41.0 Å². The van der Waals surface area contributed by atoms with Crippen molar-refractivity contribution < 1.29 is 14.7 Å². The van der Waals surface area contributed by atoms with Gasteiger partial charge in [-0.1, -0.05) is 13.0 Å². The molecule has 0 bridgehead atoms. The highest BCUT2D eigenvalue weighted by Gasteiger charge is 2.28. The number of anilines is 1. The van der Waals surface area contributed by atoms with E-state index in [4.69, 9.17) is 0 Å². The Labute approximate surface area is 117 Å². The predicted octanol–water partition coefficient (Wildman–Crippen LogP) is 1.02. The first kappa shape index (κ1) is 13.1. The Hall–Kier alpha value is -1.88. The quantitative estimate of drug-likeness (QED) is 0.803. The zero-order chi connectivity index (χ0) is 14.3. The van der Waals surface area contributed by atoms with Crippen LogP contribution in [0.2, 0.25) is 0 Å². The summed E-state index contributed by atoms with van der Waals surface area (Å²) >= 11 is 0. The summed E-state index contributed by atoms with van der Waals surface area (Å²) in [6.45, 7) is 3.10. The maximum atomic E-state index is 12.5.